The molecule has 2 aromatic carbocycles. The van der Waals surface area contributed by atoms with Gasteiger partial charge in [-0.3, -0.25) is 9.59 Å². The molecule has 1 aliphatic heterocycles. The number of ether oxygens (including phenoxy) is 1. The van der Waals surface area contributed by atoms with Gasteiger partial charge in [0, 0.05) is 38.2 Å². The highest BCUT2D eigenvalue weighted by Gasteiger charge is 2.25. The standard InChI is InChI=1S/C23H28N2O3/c1-18-11-12-20(17-21(18)28-2)23(27)25-15-13-24(14-16-25)22(26)10-6-9-19-7-4-3-5-8-19/h3-5,7-8,11-12,17H,6,9-10,13-16H2,1-2H3. The summed E-state index contributed by atoms with van der Waals surface area (Å²) in [6, 6.07) is 15.8. The second kappa shape index (κ2) is 9.40. The highest BCUT2D eigenvalue weighted by atomic mass is 16.5. The van der Waals surface area contributed by atoms with Gasteiger partial charge in [-0.25, -0.2) is 0 Å². The van der Waals surface area contributed by atoms with Crippen LogP contribution >= 0.6 is 0 Å². The molecule has 0 radical (unpaired) electrons. The topological polar surface area (TPSA) is 49.9 Å². The Kier molecular flexibility index (Phi) is 6.69. The number of benzene rings is 2. The van der Waals surface area contributed by atoms with E-state index in [0.29, 0.717) is 38.2 Å². The summed E-state index contributed by atoms with van der Waals surface area (Å²) in [4.78, 5) is 28.9. The smallest absolute Gasteiger partial charge is 0.254 e. The minimum absolute atomic E-state index is 0.00511. The van der Waals surface area contributed by atoms with Gasteiger partial charge >= 0.3 is 0 Å². The summed E-state index contributed by atoms with van der Waals surface area (Å²) in [5.74, 6) is 0.896. The zero-order valence-electron chi connectivity index (χ0n) is 16.7. The quantitative estimate of drug-likeness (QED) is 0.773. The van der Waals surface area contributed by atoms with Gasteiger partial charge in [-0.2, -0.15) is 0 Å². The number of hydrogen-bond donors (Lipinski definition) is 0. The fraction of sp³-hybridized carbons (Fsp3) is 0.391. The summed E-state index contributed by atoms with van der Waals surface area (Å²) in [6.07, 6.45) is 2.32. The minimum Gasteiger partial charge on any atom is -0.496 e. The number of nitrogens with zero attached hydrogens (tertiary/aromatic N) is 2. The Balaban J connectivity index is 1.47. The number of aryl methyl sites for hydroxylation is 2. The molecule has 3 rings (SSSR count). The number of rotatable bonds is 6. The normalized spacial score (nSPS) is 14.1. The molecule has 1 heterocycles. The molecule has 0 aromatic heterocycles. The highest BCUT2D eigenvalue weighted by molar-refractivity contribution is 5.95. The molecule has 2 amide bonds. The van der Waals surface area contributed by atoms with Gasteiger partial charge in [-0.05, 0) is 43.0 Å². The van der Waals surface area contributed by atoms with E-state index in [-0.39, 0.29) is 11.8 Å². The molecule has 28 heavy (non-hydrogen) atoms. The highest BCUT2D eigenvalue weighted by Crippen LogP contribution is 2.20. The Morgan fingerprint density at radius 1 is 0.964 bits per heavy atom. The first-order valence-corrected chi connectivity index (χ1v) is 9.84. The van der Waals surface area contributed by atoms with Crippen molar-refractivity contribution in [1.82, 2.24) is 9.80 Å². The monoisotopic (exact) mass is 380 g/mol. The van der Waals surface area contributed by atoms with Crippen molar-refractivity contribution in [3.05, 3.63) is 65.2 Å². The maximum absolute atomic E-state index is 12.8. The fourth-order valence-corrected chi connectivity index (χ4v) is 3.54. The first kappa shape index (κ1) is 19.9. The molecular weight excluding hydrogens is 352 g/mol. The van der Waals surface area contributed by atoms with Gasteiger partial charge in [0.1, 0.15) is 5.75 Å². The van der Waals surface area contributed by atoms with Crippen molar-refractivity contribution < 1.29 is 14.3 Å². The van der Waals surface area contributed by atoms with E-state index < -0.39 is 0 Å². The summed E-state index contributed by atoms with van der Waals surface area (Å²) in [5, 5.41) is 0. The molecule has 0 spiro atoms. The molecule has 2 aromatic rings. The average molecular weight is 380 g/mol. The molecule has 0 atom stereocenters. The Bertz CT molecular complexity index is 812. The Morgan fingerprint density at radius 3 is 2.32 bits per heavy atom. The van der Waals surface area contributed by atoms with Crippen LogP contribution in [-0.2, 0) is 11.2 Å². The molecular formula is C23H28N2O3. The van der Waals surface area contributed by atoms with Crippen molar-refractivity contribution in [2.45, 2.75) is 26.2 Å². The zero-order chi connectivity index (χ0) is 19.9. The Labute approximate surface area is 166 Å². The van der Waals surface area contributed by atoms with E-state index in [1.54, 1.807) is 13.2 Å². The van der Waals surface area contributed by atoms with Gasteiger partial charge < -0.3 is 14.5 Å². The molecule has 5 nitrogen and oxygen atoms in total. The average Bonchev–Trinajstić information content (AvgIpc) is 2.74. The Morgan fingerprint density at radius 2 is 1.64 bits per heavy atom. The largest absolute Gasteiger partial charge is 0.496 e. The lowest BCUT2D eigenvalue weighted by molar-refractivity contribution is -0.132. The van der Waals surface area contributed by atoms with Gasteiger partial charge in [0.05, 0.1) is 7.11 Å². The minimum atomic E-state index is -0.00511. The second-order valence-electron chi connectivity index (χ2n) is 7.20. The molecule has 1 saturated heterocycles. The number of piperazine rings is 1. The SMILES string of the molecule is COc1cc(C(=O)N2CCN(C(=O)CCCc3ccccc3)CC2)ccc1C. The van der Waals surface area contributed by atoms with Crippen LogP contribution in [0.4, 0.5) is 0 Å². The number of carbonyl (C=O) groups excluding carboxylic acids is 2. The van der Waals surface area contributed by atoms with E-state index in [0.717, 1.165) is 24.2 Å². The van der Waals surface area contributed by atoms with Crippen molar-refractivity contribution >= 4 is 11.8 Å². The summed E-state index contributed by atoms with van der Waals surface area (Å²) < 4.78 is 5.32. The van der Waals surface area contributed by atoms with Gasteiger partial charge in [0.2, 0.25) is 5.91 Å². The molecule has 1 aliphatic rings. The number of methoxy groups -OCH3 is 1. The zero-order valence-corrected chi connectivity index (χ0v) is 16.7. The predicted octanol–water partition coefficient (Wildman–Crippen LogP) is 3.31. The van der Waals surface area contributed by atoms with Crippen LogP contribution < -0.4 is 4.74 Å². The predicted molar refractivity (Wildman–Crippen MR) is 110 cm³/mol. The molecule has 0 N–H and O–H groups in total. The second-order valence-corrected chi connectivity index (χ2v) is 7.20. The summed E-state index contributed by atoms with van der Waals surface area (Å²) in [6.45, 7) is 4.28. The van der Waals surface area contributed by atoms with E-state index in [1.807, 2.05) is 47.1 Å². The van der Waals surface area contributed by atoms with Gasteiger partial charge in [0.25, 0.3) is 5.91 Å². The number of hydrogen-bond acceptors (Lipinski definition) is 3. The van der Waals surface area contributed by atoms with Crippen LogP contribution in [0.15, 0.2) is 48.5 Å². The van der Waals surface area contributed by atoms with Crippen molar-refractivity contribution in [2.75, 3.05) is 33.3 Å². The maximum Gasteiger partial charge on any atom is 0.254 e. The van der Waals surface area contributed by atoms with E-state index in [4.69, 9.17) is 4.74 Å². The molecule has 1 fully saturated rings. The van der Waals surface area contributed by atoms with Crippen LogP contribution in [0.25, 0.3) is 0 Å². The van der Waals surface area contributed by atoms with Gasteiger partial charge in [-0.15, -0.1) is 0 Å². The summed E-state index contributed by atoms with van der Waals surface area (Å²) in [5.41, 5.74) is 2.90. The van der Waals surface area contributed by atoms with Crippen LogP contribution in [0.2, 0.25) is 0 Å². The Hall–Kier alpha value is -2.82. The lowest BCUT2D eigenvalue weighted by Gasteiger charge is -2.35. The maximum atomic E-state index is 12.8. The first-order valence-electron chi connectivity index (χ1n) is 9.84. The molecule has 0 aliphatic carbocycles. The van der Waals surface area contributed by atoms with E-state index >= 15 is 0 Å². The number of carbonyl (C=O) groups is 2. The third kappa shape index (κ3) is 4.91. The molecule has 5 heteroatoms. The van der Waals surface area contributed by atoms with E-state index in [1.165, 1.54) is 5.56 Å². The van der Waals surface area contributed by atoms with E-state index in [2.05, 4.69) is 12.1 Å². The molecule has 0 saturated carbocycles. The van der Waals surface area contributed by atoms with Crippen LogP contribution in [0.3, 0.4) is 0 Å². The molecule has 0 unspecified atom stereocenters. The summed E-state index contributed by atoms with van der Waals surface area (Å²) >= 11 is 0. The fourth-order valence-electron chi connectivity index (χ4n) is 3.54. The lowest BCUT2D eigenvalue weighted by Crippen LogP contribution is -2.50. The molecule has 0 bridgehead atoms. The van der Waals surface area contributed by atoms with Crippen LogP contribution in [-0.4, -0.2) is 54.9 Å². The van der Waals surface area contributed by atoms with Crippen LogP contribution in [0, 0.1) is 6.92 Å². The third-order valence-electron chi connectivity index (χ3n) is 5.27. The van der Waals surface area contributed by atoms with Gasteiger partial charge in [-0.1, -0.05) is 36.4 Å². The number of amides is 2. The van der Waals surface area contributed by atoms with Crippen molar-refractivity contribution in [1.29, 1.82) is 0 Å². The van der Waals surface area contributed by atoms with Crippen molar-refractivity contribution in [3.8, 4) is 5.75 Å². The summed E-state index contributed by atoms with van der Waals surface area (Å²) in [7, 11) is 1.61. The van der Waals surface area contributed by atoms with Gasteiger partial charge in [0.15, 0.2) is 0 Å². The molecule has 148 valence electrons. The van der Waals surface area contributed by atoms with Crippen molar-refractivity contribution in [2.24, 2.45) is 0 Å². The van der Waals surface area contributed by atoms with Crippen molar-refractivity contribution in [3.63, 3.8) is 0 Å². The van der Waals surface area contributed by atoms with E-state index in [9.17, 15) is 9.59 Å². The van der Waals surface area contributed by atoms with Crippen LogP contribution in [0.5, 0.6) is 5.75 Å². The third-order valence-corrected chi connectivity index (χ3v) is 5.27. The first-order chi connectivity index (χ1) is 13.6. The van der Waals surface area contributed by atoms with Crippen LogP contribution in [0.1, 0.15) is 34.3 Å². The lowest BCUT2D eigenvalue weighted by atomic mass is 10.1.